The number of hydrogen-bond donors (Lipinski definition) is 1. The summed E-state index contributed by atoms with van der Waals surface area (Å²) in [4.78, 5) is 1.05. The molecular weight excluding hydrogens is 118 g/mol. The molecule has 0 aromatic carbocycles. The van der Waals surface area contributed by atoms with Crippen LogP contribution in [0.2, 0.25) is 0 Å². The minimum atomic E-state index is 0.683. The molecule has 1 aliphatic rings. The van der Waals surface area contributed by atoms with E-state index in [9.17, 15) is 0 Å². The van der Waals surface area contributed by atoms with Crippen molar-refractivity contribution in [3.63, 3.8) is 0 Å². The van der Waals surface area contributed by atoms with Crippen molar-refractivity contribution in [2.75, 3.05) is 0 Å². The molecule has 1 aliphatic heterocycles. The zero-order valence-electron chi connectivity index (χ0n) is 5.11. The number of nitrogens with one attached hydrogen (secondary N) is 1. The molecule has 1 rings (SSSR count). The maximum Gasteiger partial charge on any atom is 0.0756 e. The van der Waals surface area contributed by atoms with Crippen LogP contribution < -0.4 is 5.32 Å². The van der Waals surface area contributed by atoms with E-state index >= 15 is 0 Å². The van der Waals surface area contributed by atoms with Crippen molar-refractivity contribution in [1.82, 2.24) is 5.32 Å². The normalized spacial score (nSPS) is 28.1. The Hall–Kier alpha value is -0.110. The van der Waals surface area contributed by atoms with Crippen LogP contribution >= 0.6 is 12.2 Å². The molecule has 8 heavy (non-hydrogen) atoms. The fraction of sp³-hybridized carbons (Fsp3) is 0.833. The molecule has 2 heteroatoms. The summed E-state index contributed by atoms with van der Waals surface area (Å²) in [5.41, 5.74) is 0. The topological polar surface area (TPSA) is 12.0 Å². The first kappa shape index (κ1) is 6.02. The molecule has 0 aromatic heterocycles. The monoisotopic (exact) mass is 129 g/mol. The zero-order chi connectivity index (χ0) is 5.98. The second-order valence-electron chi connectivity index (χ2n) is 2.21. The molecular formula is C6H11NS. The van der Waals surface area contributed by atoms with Gasteiger partial charge in [-0.1, -0.05) is 19.1 Å². The fourth-order valence-corrected chi connectivity index (χ4v) is 1.27. The van der Waals surface area contributed by atoms with E-state index in [4.69, 9.17) is 12.2 Å². The van der Waals surface area contributed by atoms with E-state index in [1.807, 2.05) is 0 Å². The lowest BCUT2D eigenvalue weighted by molar-refractivity contribution is 0.609. The second-order valence-corrected chi connectivity index (χ2v) is 2.70. The summed E-state index contributed by atoms with van der Waals surface area (Å²) in [5, 5.41) is 3.23. The van der Waals surface area contributed by atoms with E-state index in [-0.39, 0.29) is 0 Å². The fourth-order valence-electron chi connectivity index (χ4n) is 0.984. The number of rotatable bonds is 1. The van der Waals surface area contributed by atoms with Gasteiger partial charge in [0.2, 0.25) is 0 Å². The van der Waals surface area contributed by atoms with Gasteiger partial charge in [0.05, 0.1) is 4.99 Å². The summed E-state index contributed by atoms with van der Waals surface area (Å²) in [6.07, 6.45) is 3.56. The largest absolute Gasteiger partial charge is 0.377 e. The summed E-state index contributed by atoms with van der Waals surface area (Å²) in [6, 6.07) is 0.683. The third-order valence-corrected chi connectivity index (χ3v) is 1.90. The molecule has 1 atom stereocenters. The minimum absolute atomic E-state index is 0.683. The minimum Gasteiger partial charge on any atom is -0.377 e. The maximum absolute atomic E-state index is 4.95. The molecule has 1 heterocycles. The Labute approximate surface area is 55.5 Å². The Morgan fingerprint density at radius 1 is 1.88 bits per heavy atom. The van der Waals surface area contributed by atoms with Crippen molar-refractivity contribution < 1.29 is 0 Å². The molecule has 0 amide bonds. The Morgan fingerprint density at radius 2 is 2.62 bits per heavy atom. The lowest BCUT2D eigenvalue weighted by atomic mass is 10.2. The third kappa shape index (κ3) is 1.19. The Morgan fingerprint density at radius 3 is 2.88 bits per heavy atom. The van der Waals surface area contributed by atoms with Crippen LogP contribution in [0.4, 0.5) is 0 Å². The van der Waals surface area contributed by atoms with Crippen LogP contribution in [0.1, 0.15) is 26.2 Å². The van der Waals surface area contributed by atoms with Gasteiger partial charge in [-0.05, 0) is 19.3 Å². The summed E-state index contributed by atoms with van der Waals surface area (Å²) in [5.74, 6) is 0. The highest BCUT2D eigenvalue weighted by molar-refractivity contribution is 7.80. The Balaban J connectivity index is 2.32. The van der Waals surface area contributed by atoms with Gasteiger partial charge in [-0.25, -0.2) is 0 Å². The molecule has 46 valence electrons. The van der Waals surface area contributed by atoms with Crippen molar-refractivity contribution in [2.24, 2.45) is 0 Å². The molecule has 0 aliphatic carbocycles. The van der Waals surface area contributed by atoms with Crippen molar-refractivity contribution in [1.29, 1.82) is 0 Å². The van der Waals surface area contributed by atoms with Crippen LogP contribution in [0.25, 0.3) is 0 Å². The highest BCUT2D eigenvalue weighted by atomic mass is 32.1. The highest BCUT2D eigenvalue weighted by Gasteiger charge is 2.14. The molecule has 1 fully saturated rings. The molecule has 0 aromatic rings. The third-order valence-electron chi connectivity index (χ3n) is 1.58. The second kappa shape index (κ2) is 2.44. The summed E-state index contributed by atoms with van der Waals surface area (Å²) in [7, 11) is 0. The first-order valence-electron chi connectivity index (χ1n) is 3.12. The molecule has 1 unspecified atom stereocenters. The van der Waals surface area contributed by atoms with Gasteiger partial charge < -0.3 is 5.32 Å². The Bertz CT molecular complexity index is 101. The van der Waals surface area contributed by atoms with Gasteiger partial charge in [-0.2, -0.15) is 0 Å². The van der Waals surface area contributed by atoms with Gasteiger partial charge in [0.1, 0.15) is 0 Å². The van der Waals surface area contributed by atoms with Crippen LogP contribution in [0.5, 0.6) is 0 Å². The smallest absolute Gasteiger partial charge is 0.0756 e. The molecule has 1 nitrogen and oxygen atoms in total. The van der Waals surface area contributed by atoms with Crippen LogP contribution in [0, 0.1) is 0 Å². The van der Waals surface area contributed by atoms with Gasteiger partial charge >= 0.3 is 0 Å². The average Bonchev–Trinajstić information content (AvgIpc) is 2.14. The molecule has 0 radical (unpaired) electrons. The van der Waals surface area contributed by atoms with Crippen molar-refractivity contribution in [2.45, 2.75) is 32.2 Å². The zero-order valence-corrected chi connectivity index (χ0v) is 5.92. The van der Waals surface area contributed by atoms with E-state index in [0.717, 1.165) is 11.4 Å². The van der Waals surface area contributed by atoms with Crippen LogP contribution in [-0.4, -0.2) is 11.0 Å². The SMILES string of the molecule is CCC1CCC(=S)N1. The van der Waals surface area contributed by atoms with Crippen molar-refractivity contribution in [3.05, 3.63) is 0 Å². The van der Waals surface area contributed by atoms with Crippen LogP contribution in [-0.2, 0) is 0 Å². The van der Waals surface area contributed by atoms with Gasteiger partial charge in [-0.15, -0.1) is 0 Å². The lowest BCUT2D eigenvalue weighted by Crippen LogP contribution is -2.22. The van der Waals surface area contributed by atoms with Gasteiger partial charge in [0, 0.05) is 6.04 Å². The van der Waals surface area contributed by atoms with E-state index in [1.54, 1.807) is 0 Å². The summed E-state index contributed by atoms with van der Waals surface area (Å²) >= 11 is 4.95. The van der Waals surface area contributed by atoms with E-state index < -0.39 is 0 Å². The van der Waals surface area contributed by atoms with E-state index in [2.05, 4.69) is 12.2 Å². The van der Waals surface area contributed by atoms with Crippen LogP contribution in [0.15, 0.2) is 0 Å². The first-order valence-corrected chi connectivity index (χ1v) is 3.53. The predicted molar refractivity (Wildman–Crippen MR) is 39.0 cm³/mol. The molecule has 1 N–H and O–H groups in total. The van der Waals surface area contributed by atoms with Crippen molar-refractivity contribution >= 4 is 17.2 Å². The van der Waals surface area contributed by atoms with Gasteiger partial charge in [-0.3, -0.25) is 0 Å². The average molecular weight is 129 g/mol. The lowest BCUT2D eigenvalue weighted by Gasteiger charge is -2.03. The summed E-state index contributed by atoms with van der Waals surface area (Å²) in [6.45, 7) is 2.19. The first-order chi connectivity index (χ1) is 3.83. The van der Waals surface area contributed by atoms with Gasteiger partial charge in [0.25, 0.3) is 0 Å². The number of thiocarbonyl (C=S) groups is 1. The molecule has 0 bridgehead atoms. The predicted octanol–water partition coefficient (Wildman–Crippen LogP) is 1.48. The number of hydrogen-bond acceptors (Lipinski definition) is 1. The van der Waals surface area contributed by atoms with Crippen LogP contribution in [0.3, 0.4) is 0 Å². The van der Waals surface area contributed by atoms with Gasteiger partial charge in [0.15, 0.2) is 0 Å². The molecule has 0 saturated carbocycles. The summed E-state index contributed by atoms with van der Waals surface area (Å²) < 4.78 is 0. The quantitative estimate of drug-likeness (QED) is 0.538. The van der Waals surface area contributed by atoms with E-state index in [1.165, 1.54) is 12.8 Å². The maximum atomic E-state index is 4.95. The van der Waals surface area contributed by atoms with E-state index in [0.29, 0.717) is 6.04 Å². The molecule has 0 spiro atoms. The standard InChI is InChI=1S/C6H11NS/c1-2-5-3-4-6(8)7-5/h5H,2-4H2,1H3,(H,7,8). The highest BCUT2D eigenvalue weighted by Crippen LogP contribution is 2.09. The van der Waals surface area contributed by atoms with Crippen molar-refractivity contribution in [3.8, 4) is 0 Å². The Kier molecular flexibility index (Phi) is 1.84. The molecule has 1 saturated heterocycles.